The second-order valence-corrected chi connectivity index (χ2v) is 8.91. The second-order valence-electron chi connectivity index (χ2n) is 8.05. The molecule has 1 aliphatic rings. The number of likely N-dealkylation sites (N-methyl/N-ethyl adjacent to an activating group) is 1. The van der Waals surface area contributed by atoms with E-state index in [0.717, 1.165) is 10.8 Å². The zero-order valence-corrected chi connectivity index (χ0v) is 19.5. The summed E-state index contributed by atoms with van der Waals surface area (Å²) >= 11 is 3.07. The number of rotatable bonds is 3. The number of carbonyl (C=O) groups is 1. The summed E-state index contributed by atoms with van der Waals surface area (Å²) in [5.41, 5.74) is -2.40. The number of nitrogens with zero attached hydrogens (tertiary/aromatic N) is 3. The van der Waals surface area contributed by atoms with E-state index in [2.05, 4.69) is 26.1 Å². The van der Waals surface area contributed by atoms with E-state index >= 15 is 0 Å². The van der Waals surface area contributed by atoms with E-state index in [9.17, 15) is 27.2 Å². The van der Waals surface area contributed by atoms with Crippen molar-refractivity contribution < 1.29 is 22.4 Å². The smallest absolute Gasteiger partial charge is 0.367 e. The minimum absolute atomic E-state index is 0.0586. The molecule has 2 aromatic rings. The minimum atomic E-state index is -4.89. The Morgan fingerprint density at radius 1 is 1.12 bits per heavy atom. The number of alkyl halides is 3. The van der Waals surface area contributed by atoms with Crippen molar-refractivity contribution in [3.05, 3.63) is 56.2 Å². The van der Waals surface area contributed by atoms with Crippen LogP contribution in [0.2, 0.25) is 0 Å². The number of anilines is 2. The van der Waals surface area contributed by atoms with Crippen LogP contribution in [0, 0.1) is 5.82 Å². The molecule has 0 unspecified atom stereocenters. The van der Waals surface area contributed by atoms with Gasteiger partial charge in [-0.15, -0.1) is 0 Å². The fourth-order valence-electron chi connectivity index (χ4n) is 3.73. The predicted octanol–water partition coefficient (Wildman–Crippen LogP) is 4.09. The van der Waals surface area contributed by atoms with E-state index in [1.165, 1.54) is 19.2 Å². The van der Waals surface area contributed by atoms with E-state index in [0.29, 0.717) is 24.8 Å². The van der Waals surface area contributed by atoms with Crippen molar-refractivity contribution in [2.24, 2.45) is 7.05 Å². The van der Waals surface area contributed by atoms with Gasteiger partial charge < -0.3 is 14.8 Å². The molecule has 1 fully saturated rings. The lowest BCUT2D eigenvalue weighted by molar-refractivity contribution is -0.138. The average Bonchev–Trinajstić information content (AvgIpc) is 2.69. The maximum atomic E-state index is 14.4. The minimum Gasteiger partial charge on any atom is -0.367 e. The number of halogens is 5. The van der Waals surface area contributed by atoms with Crippen LogP contribution in [0.15, 0.2) is 33.7 Å². The molecule has 6 nitrogen and oxygen atoms in total. The van der Waals surface area contributed by atoms with Crippen LogP contribution in [-0.2, 0) is 13.2 Å². The Hall–Kier alpha value is -2.40. The van der Waals surface area contributed by atoms with E-state index in [1.54, 1.807) is 0 Å². The fraction of sp³-hybridized carbons (Fsp3) is 0.429. The van der Waals surface area contributed by atoms with Crippen molar-refractivity contribution in [2.45, 2.75) is 32.1 Å². The highest BCUT2D eigenvalue weighted by atomic mass is 79.9. The number of amides is 1. The average molecular weight is 519 g/mol. The monoisotopic (exact) mass is 518 g/mol. The molecule has 0 aliphatic carbocycles. The maximum Gasteiger partial charge on any atom is 0.417 e. The molecule has 3 rings (SSSR count). The van der Waals surface area contributed by atoms with Gasteiger partial charge >= 0.3 is 6.18 Å². The molecule has 174 valence electrons. The number of nitrogens with one attached hydrogen (secondary N) is 1. The molecule has 1 aromatic carbocycles. The lowest BCUT2D eigenvalue weighted by Crippen LogP contribution is -2.55. The number of piperazine rings is 1. The third-order valence-electron chi connectivity index (χ3n) is 5.77. The van der Waals surface area contributed by atoms with Crippen LogP contribution in [0.5, 0.6) is 0 Å². The van der Waals surface area contributed by atoms with Gasteiger partial charge in [-0.25, -0.2) is 4.39 Å². The number of carbonyl (C=O) groups excluding carboxylic acids is 1. The van der Waals surface area contributed by atoms with Gasteiger partial charge in [-0.2, -0.15) is 13.2 Å². The molecule has 1 saturated heterocycles. The van der Waals surface area contributed by atoms with Gasteiger partial charge in [0.15, 0.2) is 0 Å². The topological polar surface area (TPSA) is 57.6 Å². The molecule has 2 atom stereocenters. The largest absolute Gasteiger partial charge is 0.417 e. The fourth-order valence-corrected chi connectivity index (χ4v) is 4.08. The first kappa shape index (κ1) is 24.2. The lowest BCUT2D eigenvalue weighted by Gasteiger charge is -2.44. The summed E-state index contributed by atoms with van der Waals surface area (Å²) in [6.07, 6.45) is -4.05. The van der Waals surface area contributed by atoms with Crippen molar-refractivity contribution in [1.29, 1.82) is 0 Å². The van der Waals surface area contributed by atoms with Crippen LogP contribution in [0.25, 0.3) is 0 Å². The second kappa shape index (κ2) is 8.86. The van der Waals surface area contributed by atoms with Gasteiger partial charge in [0.25, 0.3) is 11.5 Å². The van der Waals surface area contributed by atoms with Gasteiger partial charge in [0.2, 0.25) is 0 Å². The Labute approximate surface area is 190 Å². The molecule has 1 amide bonds. The van der Waals surface area contributed by atoms with Gasteiger partial charge in [-0.3, -0.25) is 14.5 Å². The number of pyridine rings is 1. The molecular weight excluding hydrogens is 496 g/mol. The van der Waals surface area contributed by atoms with Crippen LogP contribution in [0.3, 0.4) is 0 Å². The summed E-state index contributed by atoms with van der Waals surface area (Å²) in [6, 6.07) is 3.23. The molecule has 0 saturated carbocycles. The number of hydrogen-bond acceptors (Lipinski definition) is 4. The van der Waals surface area contributed by atoms with Gasteiger partial charge in [-0.05, 0) is 42.9 Å². The highest BCUT2D eigenvalue weighted by molar-refractivity contribution is 9.10. The zero-order chi connectivity index (χ0) is 24.0. The summed E-state index contributed by atoms with van der Waals surface area (Å²) in [4.78, 5) is 28.7. The lowest BCUT2D eigenvalue weighted by atomic mass is 10.1. The molecule has 0 spiro atoms. The third kappa shape index (κ3) is 4.83. The van der Waals surface area contributed by atoms with E-state index in [4.69, 9.17) is 0 Å². The Morgan fingerprint density at radius 3 is 2.28 bits per heavy atom. The van der Waals surface area contributed by atoms with Crippen molar-refractivity contribution >= 4 is 33.2 Å². The Balaban J connectivity index is 2.03. The van der Waals surface area contributed by atoms with Crippen LogP contribution >= 0.6 is 15.9 Å². The first-order valence-corrected chi connectivity index (χ1v) is 10.6. The first-order valence-electron chi connectivity index (χ1n) is 9.84. The number of benzene rings is 1. The van der Waals surface area contributed by atoms with Crippen molar-refractivity contribution in [2.75, 3.05) is 30.4 Å². The summed E-state index contributed by atoms with van der Waals surface area (Å²) in [5, 5.41) is 2.49. The van der Waals surface area contributed by atoms with Crippen molar-refractivity contribution in [3.8, 4) is 0 Å². The zero-order valence-electron chi connectivity index (χ0n) is 17.9. The highest BCUT2D eigenvalue weighted by Gasteiger charge is 2.36. The van der Waals surface area contributed by atoms with Gasteiger partial charge in [0, 0.05) is 50.6 Å². The summed E-state index contributed by atoms with van der Waals surface area (Å²) in [5.74, 6) is -1.61. The number of hydrogen-bond donors (Lipinski definition) is 1. The van der Waals surface area contributed by atoms with Crippen LogP contribution in [-0.4, -0.2) is 47.6 Å². The van der Waals surface area contributed by atoms with E-state index < -0.39 is 34.6 Å². The maximum absolute atomic E-state index is 14.4. The van der Waals surface area contributed by atoms with E-state index in [-0.39, 0.29) is 22.2 Å². The first-order chi connectivity index (χ1) is 14.8. The Morgan fingerprint density at radius 2 is 1.72 bits per heavy atom. The molecule has 1 aromatic heterocycles. The van der Waals surface area contributed by atoms with Crippen molar-refractivity contribution in [3.63, 3.8) is 0 Å². The van der Waals surface area contributed by atoms with Gasteiger partial charge in [0.1, 0.15) is 5.82 Å². The third-order valence-corrected chi connectivity index (χ3v) is 6.37. The molecule has 2 heterocycles. The molecule has 0 bridgehead atoms. The Bertz CT molecular complexity index is 1090. The van der Waals surface area contributed by atoms with Crippen LogP contribution in [0.1, 0.15) is 29.8 Å². The quantitative estimate of drug-likeness (QED) is 0.622. The van der Waals surface area contributed by atoms with Crippen molar-refractivity contribution in [1.82, 2.24) is 9.47 Å². The SMILES string of the molecule is C[C@@H]1CN(c2cc(F)c(Br)cc2NC(=O)c2cn(C)c(=O)cc2C(F)(F)F)C[C@H](C)N1C. The number of aromatic nitrogens is 1. The van der Waals surface area contributed by atoms with Crippen LogP contribution in [0.4, 0.5) is 28.9 Å². The molecule has 0 radical (unpaired) electrons. The number of aryl methyl sites for hydroxylation is 1. The molecule has 1 aliphatic heterocycles. The molecule has 1 N–H and O–H groups in total. The standard InChI is InChI=1S/C21H23BrF4N4O2/c1-11-8-30(9-12(2)29(11)4)18-7-16(23)15(22)6-17(18)27-20(32)13-10-28(3)19(31)5-14(13)21(24,25)26/h5-7,10-12H,8-9H2,1-4H3,(H,27,32)/t11-,12+. The highest BCUT2D eigenvalue weighted by Crippen LogP contribution is 2.35. The summed E-state index contributed by atoms with van der Waals surface area (Å²) in [6.45, 7) is 5.10. The predicted molar refractivity (Wildman–Crippen MR) is 118 cm³/mol. The summed E-state index contributed by atoms with van der Waals surface area (Å²) in [7, 11) is 3.24. The molecular formula is C21H23BrF4N4O2. The molecule has 11 heteroatoms. The normalized spacial score (nSPS) is 19.8. The van der Waals surface area contributed by atoms with Gasteiger partial charge in [0.05, 0.1) is 27.0 Å². The Kier molecular flexibility index (Phi) is 6.71. The van der Waals surface area contributed by atoms with Crippen LogP contribution < -0.4 is 15.8 Å². The van der Waals surface area contributed by atoms with Gasteiger partial charge in [-0.1, -0.05) is 0 Å². The summed E-state index contributed by atoms with van der Waals surface area (Å²) < 4.78 is 55.7. The molecule has 32 heavy (non-hydrogen) atoms. The van der Waals surface area contributed by atoms with E-state index in [1.807, 2.05) is 25.8 Å².